The Kier molecular flexibility index (Phi) is 4.56. The molecule has 0 aliphatic heterocycles. The number of hydrogen-bond acceptors (Lipinski definition) is 2. The summed E-state index contributed by atoms with van der Waals surface area (Å²) in [6, 6.07) is 8.39. The SMILES string of the molecule is C[Si](C)(C)OC(=O)Cc1cccc([Si](C)(C)C)c1. The summed E-state index contributed by atoms with van der Waals surface area (Å²) in [7, 11) is -3.07. The lowest BCUT2D eigenvalue weighted by Gasteiger charge is -2.19. The summed E-state index contributed by atoms with van der Waals surface area (Å²) in [5.41, 5.74) is 1.07. The van der Waals surface area contributed by atoms with Crippen molar-refractivity contribution in [3.8, 4) is 0 Å². The summed E-state index contributed by atoms with van der Waals surface area (Å²) in [6.07, 6.45) is 0.391. The summed E-state index contributed by atoms with van der Waals surface area (Å²) in [5, 5.41) is 1.39. The molecule has 0 saturated carbocycles. The Labute approximate surface area is 113 Å². The van der Waals surface area contributed by atoms with Gasteiger partial charge in [-0.2, -0.15) is 0 Å². The van der Waals surface area contributed by atoms with Gasteiger partial charge in [-0.3, -0.25) is 4.79 Å². The van der Waals surface area contributed by atoms with Gasteiger partial charge in [-0.15, -0.1) is 0 Å². The van der Waals surface area contributed by atoms with Gasteiger partial charge in [-0.1, -0.05) is 49.1 Å². The van der Waals surface area contributed by atoms with E-state index in [4.69, 9.17) is 4.43 Å². The molecule has 0 fully saturated rings. The minimum atomic E-state index is -1.77. The van der Waals surface area contributed by atoms with Gasteiger partial charge in [-0.05, 0) is 25.2 Å². The van der Waals surface area contributed by atoms with E-state index in [2.05, 4.69) is 31.8 Å². The zero-order valence-electron chi connectivity index (χ0n) is 12.3. The highest BCUT2D eigenvalue weighted by Crippen LogP contribution is 2.09. The zero-order valence-corrected chi connectivity index (χ0v) is 14.3. The van der Waals surface area contributed by atoms with E-state index in [0.29, 0.717) is 6.42 Å². The molecular weight excluding hydrogens is 256 g/mol. The van der Waals surface area contributed by atoms with Crippen molar-refractivity contribution in [2.75, 3.05) is 0 Å². The molecule has 0 spiro atoms. The van der Waals surface area contributed by atoms with Crippen LogP contribution >= 0.6 is 0 Å². The van der Waals surface area contributed by atoms with Crippen molar-refractivity contribution in [2.45, 2.75) is 45.7 Å². The number of hydrogen-bond donors (Lipinski definition) is 0. The van der Waals surface area contributed by atoms with Crippen LogP contribution in [0.1, 0.15) is 5.56 Å². The zero-order chi connectivity index (χ0) is 14.0. The lowest BCUT2D eigenvalue weighted by molar-refractivity contribution is -0.134. The second kappa shape index (κ2) is 5.40. The van der Waals surface area contributed by atoms with E-state index in [9.17, 15) is 4.79 Å². The first-order valence-corrected chi connectivity index (χ1v) is 13.3. The van der Waals surface area contributed by atoms with Crippen molar-refractivity contribution in [1.29, 1.82) is 0 Å². The number of rotatable bonds is 4. The Bertz CT molecular complexity index is 428. The third-order valence-corrected chi connectivity index (χ3v) is 5.44. The Morgan fingerprint density at radius 1 is 1.11 bits per heavy atom. The van der Waals surface area contributed by atoms with E-state index in [1.807, 2.05) is 31.8 Å². The van der Waals surface area contributed by atoms with Crippen LogP contribution in [-0.2, 0) is 15.6 Å². The molecule has 0 aliphatic rings. The van der Waals surface area contributed by atoms with E-state index in [1.54, 1.807) is 0 Å². The molecule has 0 unspecified atom stereocenters. The standard InChI is InChI=1S/C14H24O2Si2/c1-17(2,3)13-9-7-8-12(10-13)11-14(15)16-18(4,5)6/h7-10H,11H2,1-6H3. The van der Waals surface area contributed by atoms with Gasteiger partial charge in [0.15, 0.2) is 0 Å². The van der Waals surface area contributed by atoms with Crippen LogP contribution in [-0.4, -0.2) is 22.4 Å². The van der Waals surface area contributed by atoms with Gasteiger partial charge in [0.1, 0.15) is 0 Å². The van der Waals surface area contributed by atoms with Crippen molar-refractivity contribution in [3.05, 3.63) is 29.8 Å². The summed E-state index contributed by atoms with van der Waals surface area (Å²) >= 11 is 0. The maximum absolute atomic E-state index is 11.8. The first-order chi connectivity index (χ1) is 8.08. The molecule has 18 heavy (non-hydrogen) atoms. The molecule has 1 rings (SSSR count). The first-order valence-electron chi connectivity index (χ1n) is 6.39. The fourth-order valence-corrected chi connectivity index (χ4v) is 3.66. The second-order valence-corrected chi connectivity index (χ2v) is 16.2. The number of benzene rings is 1. The summed E-state index contributed by atoms with van der Waals surface area (Å²) in [4.78, 5) is 11.8. The molecule has 0 amide bonds. The fraction of sp³-hybridized carbons (Fsp3) is 0.500. The van der Waals surface area contributed by atoms with Gasteiger partial charge >= 0.3 is 0 Å². The smallest absolute Gasteiger partial charge is 0.296 e. The molecule has 1 aromatic carbocycles. The van der Waals surface area contributed by atoms with Crippen LogP contribution in [0.2, 0.25) is 39.3 Å². The van der Waals surface area contributed by atoms with Crippen LogP contribution in [0.4, 0.5) is 0 Å². The summed E-state index contributed by atoms with van der Waals surface area (Å²) < 4.78 is 5.48. The van der Waals surface area contributed by atoms with Crippen LogP contribution in [0, 0.1) is 0 Å². The quantitative estimate of drug-likeness (QED) is 0.792. The van der Waals surface area contributed by atoms with E-state index in [1.165, 1.54) is 5.19 Å². The minimum Gasteiger partial charge on any atom is -0.520 e. The average Bonchev–Trinajstić information content (AvgIpc) is 2.13. The van der Waals surface area contributed by atoms with Gasteiger partial charge in [0, 0.05) is 0 Å². The van der Waals surface area contributed by atoms with E-state index >= 15 is 0 Å². The summed E-state index contributed by atoms with van der Waals surface area (Å²) in [6.45, 7) is 13.0. The Hall–Kier alpha value is -0.876. The predicted molar refractivity (Wildman–Crippen MR) is 82.6 cm³/mol. The fourth-order valence-electron chi connectivity index (χ4n) is 1.69. The Morgan fingerprint density at radius 3 is 2.22 bits per heavy atom. The van der Waals surface area contributed by atoms with Crippen molar-refractivity contribution >= 4 is 27.5 Å². The van der Waals surface area contributed by atoms with Gasteiger partial charge in [0.05, 0.1) is 14.5 Å². The molecular formula is C14H24O2Si2. The highest BCUT2D eigenvalue weighted by atomic mass is 28.4. The number of carbonyl (C=O) groups excluding carboxylic acids is 1. The Morgan fingerprint density at radius 2 is 1.72 bits per heavy atom. The molecule has 2 nitrogen and oxygen atoms in total. The van der Waals surface area contributed by atoms with E-state index < -0.39 is 16.4 Å². The highest BCUT2D eigenvalue weighted by Gasteiger charge is 2.21. The normalized spacial score (nSPS) is 12.3. The van der Waals surface area contributed by atoms with Crippen LogP contribution in [0.3, 0.4) is 0 Å². The second-order valence-electron chi connectivity index (χ2n) is 6.71. The van der Waals surface area contributed by atoms with Crippen LogP contribution in [0.25, 0.3) is 0 Å². The van der Waals surface area contributed by atoms with Gasteiger partial charge in [-0.25, -0.2) is 0 Å². The molecule has 0 N–H and O–H groups in total. The van der Waals surface area contributed by atoms with Crippen LogP contribution < -0.4 is 5.19 Å². The third-order valence-electron chi connectivity index (χ3n) is 2.56. The highest BCUT2D eigenvalue weighted by molar-refractivity contribution is 6.88. The molecule has 0 heterocycles. The minimum absolute atomic E-state index is 0.0955. The van der Waals surface area contributed by atoms with Crippen molar-refractivity contribution in [3.63, 3.8) is 0 Å². The maximum atomic E-state index is 11.8. The van der Waals surface area contributed by atoms with Crippen LogP contribution in [0.5, 0.6) is 0 Å². The lowest BCUT2D eigenvalue weighted by Crippen LogP contribution is -2.37. The molecule has 0 radical (unpaired) electrons. The van der Waals surface area contributed by atoms with Crippen molar-refractivity contribution < 1.29 is 9.22 Å². The average molecular weight is 281 g/mol. The largest absolute Gasteiger partial charge is 0.520 e. The third kappa shape index (κ3) is 5.18. The molecule has 0 saturated heterocycles. The Balaban J connectivity index is 2.77. The topological polar surface area (TPSA) is 26.3 Å². The van der Waals surface area contributed by atoms with E-state index in [-0.39, 0.29) is 5.97 Å². The molecule has 1 aromatic rings. The monoisotopic (exact) mass is 280 g/mol. The van der Waals surface area contributed by atoms with E-state index in [0.717, 1.165) is 5.56 Å². The van der Waals surface area contributed by atoms with Crippen LogP contribution in [0.15, 0.2) is 24.3 Å². The van der Waals surface area contributed by atoms with Gasteiger partial charge in [0.25, 0.3) is 5.97 Å². The van der Waals surface area contributed by atoms with Gasteiger partial charge < -0.3 is 4.43 Å². The predicted octanol–water partition coefficient (Wildman–Crippen LogP) is 3.15. The maximum Gasteiger partial charge on any atom is 0.296 e. The number of carbonyl (C=O) groups is 1. The molecule has 0 bridgehead atoms. The molecule has 0 aliphatic carbocycles. The molecule has 0 atom stereocenters. The molecule has 100 valence electrons. The molecule has 0 aromatic heterocycles. The van der Waals surface area contributed by atoms with Crippen molar-refractivity contribution in [1.82, 2.24) is 0 Å². The van der Waals surface area contributed by atoms with Crippen molar-refractivity contribution in [2.24, 2.45) is 0 Å². The molecule has 4 heteroatoms. The first kappa shape index (κ1) is 15.2. The lowest BCUT2D eigenvalue weighted by atomic mass is 10.2. The van der Waals surface area contributed by atoms with Gasteiger partial charge in [0.2, 0.25) is 8.32 Å². The summed E-state index contributed by atoms with van der Waals surface area (Å²) in [5.74, 6) is -0.0955.